The Morgan fingerprint density at radius 2 is 2.08 bits per heavy atom. The Morgan fingerprint density at radius 1 is 1.38 bits per heavy atom. The standard InChI is InChI=1S/C9H14N4/c1-6-3-4-8(7(2)5-6)12-13-9(10)11/h3-5,12H,1-2H3,(H4,10,11,13). The molecule has 0 fully saturated rings. The van der Waals surface area contributed by atoms with E-state index in [0.29, 0.717) is 0 Å². The molecular formula is C9H14N4. The molecule has 1 aromatic carbocycles. The molecule has 0 spiro atoms. The normalized spacial score (nSPS) is 9.38. The summed E-state index contributed by atoms with van der Waals surface area (Å²) in [6.07, 6.45) is 0. The Balaban J connectivity index is 2.72. The number of hydrazine groups is 1. The molecule has 5 N–H and O–H groups in total. The van der Waals surface area contributed by atoms with Gasteiger partial charge in [-0.25, -0.2) is 0 Å². The van der Waals surface area contributed by atoms with Gasteiger partial charge in [-0.2, -0.15) is 0 Å². The Hall–Kier alpha value is -1.71. The van der Waals surface area contributed by atoms with Crippen LogP contribution in [0.2, 0.25) is 0 Å². The van der Waals surface area contributed by atoms with Crippen molar-refractivity contribution in [1.29, 1.82) is 5.41 Å². The molecule has 13 heavy (non-hydrogen) atoms. The van der Waals surface area contributed by atoms with E-state index in [-0.39, 0.29) is 5.96 Å². The first-order chi connectivity index (χ1) is 6.09. The maximum Gasteiger partial charge on any atom is 0.204 e. The van der Waals surface area contributed by atoms with E-state index in [9.17, 15) is 0 Å². The summed E-state index contributed by atoms with van der Waals surface area (Å²) in [6.45, 7) is 4.03. The van der Waals surface area contributed by atoms with E-state index in [1.807, 2.05) is 26.0 Å². The molecule has 0 aliphatic heterocycles. The Labute approximate surface area is 77.6 Å². The minimum Gasteiger partial charge on any atom is -0.369 e. The summed E-state index contributed by atoms with van der Waals surface area (Å²) >= 11 is 0. The third-order valence-electron chi connectivity index (χ3n) is 1.71. The van der Waals surface area contributed by atoms with Crippen LogP contribution in [0.3, 0.4) is 0 Å². The Bertz CT molecular complexity index is 319. The highest BCUT2D eigenvalue weighted by molar-refractivity contribution is 5.76. The Morgan fingerprint density at radius 3 is 2.62 bits per heavy atom. The fourth-order valence-electron chi connectivity index (χ4n) is 1.09. The molecule has 0 bridgehead atoms. The van der Waals surface area contributed by atoms with Gasteiger partial charge in [0.05, 0.1) is 5.69 Å². The van der Waals surface area contributed by atoms with Gasteiger partial charge in [0, 0.05) is 0 Å². The van der Waals surface area contributed by atoms with Crippen LogP contribution in [-0.4, -0.2) is 5.96 Å². The number of nitrogens with two attached hydrogens (primary N) is 1. The average molecular weight is 178 g/mol. The molecule has 0 amide bonds. The second-order valence-corrected chi connectivity index (χ2v) is 2.98. The molecule has 1 rings (SSSR count). The van der Waals surface area contributed by atoms with Gasteiger partial charge in [0.1, 0.15) is 0 Å². The molecule has 0 aliphatic carbocycles. The zero-order chi connectivity index (χ0) is 9.84. The zero-order valence-corrected chi connectivity index (χ0v) is 7.81. The molecule has 0 aliphatic rings. The SMILES string of the molecule is Cc1ccc(NNC(=N)N)c(C)c1. The monoisotopic (exact) mass is 178 g/mol. The van der Waals surface area contributed by atoms with Crippen molar-refractivity contribution in [2.75, 3.05) is 5.43 Å². The van der Waals surface area contributed by atoms with Crippen LogP contribution in [0.1, 0.15) is 11.1 Å². The van der Waals surface area contributed by atoms with E-state index in [4.69, 9.17) is 11.1 Å². The van der Waals surface area contributed by atoms with Gasteiger partial charge in [0.25, 0.3) is 0 Å². The van der Waals surface area contributed by atoms with Gasteiger partial charge in [0.15, 0.2) is 0 Å². The molecule has 0 radical (unpaired) electrons. The van der Waals surface area contributed by atoms with E-state index in [2.05, 4.69) is 16.9 Å². The molecule has 0 atom stereocenters. The van der Waals surface area contributed by atoms with Crippen LogP contribution in [0.4, 0.5) is 5.69 Å². The lowest BCUT2D eigenvalue weighted by atomic mass is 10.1. The van der Waals surface area contributed by atoms with E-state index in [1.165, 1.54) is 5.56 Å². The van der Waals surface area contributed by atoms with Crippen molar-refractivity contribution in [1.82, 2.24) is 5.43 Å². The number of aryl methyl sites for hydroxylation is 2. The number of guanidine groups is 1. The van der Waals surface area contributed by atoms with Gasteiger partial charge < -0.3 is 5.73 Å². The van der Waals surface area contributed by atoms with Gasteiger partial charge in [0.2, 0.25) is 5.96 Å². The Kier molecular flexibility index (Phi) is 2.74. The first kappa shape index (κ1) is 9.38. The van der Waals surface area contributed by atoms with Gasteiger partial charge >= 0.3 is 0 Å². The summed E-state index contributed by atoms with van der Waals surface area (Å²) in [5.41, 5.74) is 13.8. The minimum atomic E-state index is -0.0972. The van der Waals surface area contributed by atoms with E-state index >= 15 is 0 Å². The lowest BCUT2D eigenvalue weighted by Gasteiger charge is -2.10. The number of hydrogen-bond donors (Lipinski definition) is 4. The van der Waals surface area contributed by atoms with Gasteiger partial charge in [-0.1, -0.05) is 17.7 Å². The molecule has 4 heteroatoms. The first-order valence-electron chi connectivity index (χ1n) is 4.03. The highest BCUT2D eigenvalue weighted by Gasteiger charge is 1.96. The number of benzene rings is 1. The maximum absolute atomic E-state index is 6.96. The lowest BCUT2D eigenvalue weighted by Crippen LogP contribution is -2.35. The van der Waals surface area contributed by atoms with E-state index < -0.39 is 0 Å². The summed E-state index contributed by atoms with van der Waals surface area (Å²) in [6, 6.07) is 6.00. The topological polar surface area (TPSA) is 73.9 Å². The van der Waals surface area contributed by atoms with Crippen LogP contribution in [0.25, 0.3) is 0 Å². The lowest BCUT2D eigenvalue weighted by molar-refractivity contribution is 1.07. The number of hydrogen-bond acceptors (Lipinski definition) is 2. The number of nitrogens with one attached hydrogen (secondary N) is 3. The second kappa shape index (κ2) is 3.80. The van der Waals surface area contributed by atoms with Gasteiger partial charge in [-0.3, -0.25) is 16.3 Å². The summed E-state index contributed by atoms with van der Waals surface area (Å²) < 4.78 is 0. The highest BCUT2D eigenvalue weighted by atomic mass is 15.4. The molecule has 4 nitrogen and oxygen atoms in total. The van der Waals surface area contributed by atoms with Crippen molar-refractivity contribution in [2.45, 2.75) is 13.8 Å². The van der Waals surface area contributed by atoms with Gasteiger partial charge in [-0.05, 0) is 25.5 Å². The zero-order valence-electron chi connectivity index (χ0n) is 7.81. The average Bonchev–Trinajstić information content (AvgIpc) is 2.02. The van der Waals surface area contributed by atoms with Crippen LogP contribution in [0.5, 0.6) is 0 Å². The summed E-state index contributed by atoms with van der Waals surface area (Å²) in [5.74, 6) is -0.0972. The number of rotatable bonds is 2. The van der Waals surface area contributed by atoms with Crippen molar-refractivity contribution in [3.8, 4) is 0 Å². The van der Waals surface area contributed by atoms with Crippen molar-refractivity contribution < 1.29 is 0 Å². The van der Waals surface area contributed by atoms with Crippen LogP contribution < -0.4 is 16.6 Å². The quantitative estimate of drug-likeness (QED) is 0.311. The highest BCUT2D eigenvalue weighted by Crippen LogP contribution is 2.14. The predicted octanol–water partition coefficient (Wildman–Crippen LogP) is 1.11. The smallest absolute Gasteiger partial charge is 0.204 e. The largest absolute Gasteiger partial charge is 0.369 e. The number of anilines is 1. The van der Waals surface area contributed by atoms with Crippen LogP contribution in [0, 0.1) is 19.3 Å². The van der Waals surface area contributed by atoms with Gasteiger partial charge in [-0.15, -0.1) is 0 Å². The molecular weight excluding hydrogens is 164 g/mol. The molecule has 0 unspecified atom stereocenters. The van der Waals surface area contributed by atoms with Crippen molar-refractivity contribution in [3.05, 3.63) is 29.3 Å². The van der Waals surface area contributed by atoms with Crippen LogP contribution >= 0.6 is 0 Å². The van der Waals surface area contributed by atoms with Crippen LogP contribution in [-0.2, 0) is 0 Å². The maximum atomic E-state index is 6.96. The molecule has 70 valence electrons. The second-order valence-electron chi connectivity index (χ2n) is 2.98. The first-order valence-corrected chi connectivity index (χ1v) is 4.03. The fraction of sp³-hybridized carbons (Fsp3) is 0.222. The predicted molar refractivity (Wildman–Crippen MR) is 54.6 cm³/mol. The summed E-state index contributed by atoms with van der Waals surface area (Å²) in [4.78, 5) is 0. The third-order valence-corrected chi connectivity index (χ3v) is 1.71. The van der Waals surface area contributed by atoms with Crippen molar-refractivity contribution in [2.24, 2.45) is 5.73 Å². The fourth-order valence-corrected chi connectivity index (χ4v) is 1.09. The minimum absolute atomic E-state index is 0.0972. The molecule has 1 aromatic rings. The third kappa shape index (κ3) is 2.66. The van der Waals surface area contributed by atoms with E-state index in [0.717, 1.165) is 11.3 Å². The van der Waals surface area contributed by atoms with Crippen LogP contribution in [0.15, 0.2) is 18.2 Å². The molecule has 0 saturated carbocycles. The summed E-state index contributed by atoms with van der Waals surface area (Å²) in [7, 11) is 0. The summed E-state index contributed by atoms with van der Waals surface area (Å²) in [5, 5.41) is 6.96. The van der Waals surface area contributed by atoms with Crippen molar-refractivity contribution in [3.63, 3.8) is 0 Å². The molecule has 0 aromatic heterocycles. The molecule has 0 heterocycles. The van der Waals surface area contributed by atoms with Crippen molar-refractivity contribution >= 4 is 11.6 Å². The molecule has 0 saturated heterocycles. The van der Waals surface area contributed by atoms with E-state index in [1.54, 1.807) is 0 Å².